The Morgan fingerprint density at radius 1 is 0.967 bits per heavy atom. The number of hydrogen-bond donors (Lipinski definition) is 1. The molecule has 0 saturated carbocycles. The fourth-order valence-electron chi connectivity index (χ4n) is 2.97. The number of aromatic nitrogens is 2. The van der Waals surface area contributed by atoms with E-state index in [-0.39, 0.29) is 23.7 Å². The number of halogens is 2. The number of aromatic carboxylic acids is 1. The first-order valence-corrected chi connectivity index (χ1v) is 8.94. The molecule has 0 amide bonds. The van der Waals surface area contributed by atoms with Crippen molar-refractivity contribution in [3.63, 3.8) is 0 Å². The predicted molar refractivity (Wildman–Crippen MR) is 105 cm³/mol. The Kier molecular flexibility index (Phi) is 5.05. The van der Waals surface area contributed by atoms with Gasteiger partial charge in [-0.3, -0.25) is 0 Å². The minimum Gasteiger partial charge on any atom is -0.486 e. The van der Waals surface area contributed by atoms with Gasteiger partial charge in [-0.25, -0.2) is 18.6 Å². The maximum absolute atomic E-state index is 13.6. The summed E-state index contributed by atoms with van der Waals surface area (Å²) in [4.78, 5) is 15.6. The lowest BCUT2D eigenvalue weighted by Crippen LogP contribution is -2.05. The van der Waals surface area contributed by atoms with Crippen molar-refractivity contribution in [2.75, 3.05) is 0 Å². The second-order valence-corrected chi connectivity index (χ2v) is 6.56. The zero-order valence-corrected chi connectivity index (χ0v) is 15.8. The van der Waals surface area contributed by atoms with Crippen LogP contribution >= 0.6 is 0 Å². The van der Waals surface area contributed by atoms with Crippen molar-refractivity contribution in [2.45, 2.75) is 6.61 Å². The molecule has 0 radical (unpaired) electrons. The second-order valence-electron chi connectivity index (χ2n) is 6.56. The van der Waals surface area contributed by atoms with Gasteiger partial charge >= 0.3 is 5.97 Å². The van der Waals surface area contributed by atoms with E-state index in [0.717, 1.165) is 17.6 Å². The van der Waals surface area contributed by atoms with Crippen molar-refractivity contribution in [1.82, 2.24) is 9.55 Å². The molecule has 0 unspecified atom stereocenters. The Morgan fingerprint density at radius 3 is 2.43 bits per heavy atom. The van der Waals surface area contributed by atoms with Gasteiger partial charge in [0.15, 0.2) is 0 Å². The van der Waals surface area contributed by atoms with Crippen LogP contribution in [-0.4, -0.2) is 20.6 Å². The third-order valence-electron chi connectivity index (χ3n) is 4.48. The van der Waals surface area contributed by atoms with Gasteiger partial charge in [0.25, 0.3) is 0 Å². The van der Waals surface area contributed by atoms with Gasteiger partial charge in [-0.2, -0.15) is 0 Å². The molecule has 4 aromatic rings. The van der Waals surface area contributed by atoms with Crippen LogP contribution < -0.4 is 9.47 Å². The molecule has 0 spiro atoms. The third kappa shape index (κ3) is 4.07. The minimum absolute atomic E-state index is 0.0157. The van der Waals surface area contributed by atoms with Crippen molar-refractivity contribution in [3.8, 4) is 17.2 Å². The molecule has 0 fully saturated rings. The molecule has 4 rings (SSSR count). The molecule has 152 valence electrons. The molecule has 1 aromatic heterocycles. The fourth-order valence-corrected chi connectivity index (χ4v) is 2.97. The third-order valence-corrected chi connectivity index (χ3v) is 4.48. The Hall–Kier alpha value is -3.94. The highest BCUT2D eigenvalue weighted by atomic mass is 19.1. The highest BCUT2D eigenvalue weighted by molar-refractivity contribution is 5.88. The number of nitrogens with zero attached hydrogens (tertiary/aromatic N) is 2. The van der Waals surface area contributed by atoms with Crippen molar-refractivity contribution in [2.24, 2.45) is 7.05 Å². The molecule has 1 heterocycles. The lowest BCUT2D eigenvalue weighted by molar-refractivity contribution is 0.0695. The van der Waals surface area contributed by atoms with E-state index in [9.17, 15) is 13.6 Å². The highest BCUT2D eigenvalue weighted by Gasteiger charge is 2.12. The summed E-state index contributed by atoms with van der Waals surface area (Å²) in [5.41, 5.74) is 1.28. The van der Waals surface area contributed by atoms with E-state index in [1.54, 1.807) is 29.8 Å². The van der Waals surface area contributed by atoms with Crippen LogP contribution in [0.3, 0.4) is 0 Å². The van der Waals surface area contributed by atoms with Crippen LogP contribution in [0.2, 0.25) is 0 Å². The molecule has 0 atom stereocenters. The van der Waals surface area contributed by atoms with E-state index < -0.39 is 11.8 Å². The van der Waals surface area contributed by atoms with E-state index in [1.165, 1.54) is 30.3 Å². The first-order valence-electron chi connectivity index (χ1n) is 8.94. The van der Waals surface area contributed by atoms with Gasteiger partial charge in [-0.05, 0) is 48.5 Å². The minimum atomic E-state index is -1.24. The van der Waals surface area contributed by atoms with Crippen LogP contribution in [0.25, 0.3) is 11.0 Å². The van der Waals surface area contributed by atoms with E-state index in [2.05, 4.69) is 4.98 Å². The molecule has 0 aliphatic heterocycles. The molecule has 0 aliphatic carbocycles. The molecule has 0 bridgehead atoms. The molecule has 0 aliphatic rings. The van der Waals surface area contributed by atoms with E-state index in [4.69, 9.17) is 14.6 Å². The van der Waals surface area contributed by atoms with E-state index >= 15 is 0 Å². The van der Waals surface area contributed by atoms with Gasteiger partial charge in [0.1, 0.15) is 41.3 Å². The van der Waals surface area contributed by atoms with Crippen LogP contribution in [-0.2, 0) is 13.7 Å². The molecule has 6 nitrogen and oxygen atoms in total. The largest absolute Gasteiger partial charge is 0.486 e. The van der Waals surface area contributed by atoms with Crippen molar-refractivity contribution < 1.29 is 28.2 Å². The topological polar surface area (TPSA) is 73.6 Å². The van der Waals surface area contributed by atoms with E-state index in [0.29, 0.717) is 22.8 Å². The second kappa shape index (κ2) is 7.82. The normalized spacial score (nSPS) is 10.9. The van der Waals surface area contributed by atoms with Crippen LogP contribution in [0.15, 0.2) is 60.7 Å². The predicted octanol–water partition coefficient (Wildman–Crippen LogP) is 4.92. The molecule has 8 heteroatoms. The summed E-state index contributed by atoms with van der Waals surface area (Å²) < 4.78 is 39.7. The number of benzene rings is 3. The Balaban J connectivity index is 1.55. The number of aryl methyl sites for hydroxylation is 1. The van der Waals surface area contributed by atoms with Crippen LogP contribution in [0.5, 0.6) is 17.2 Å². The maximum Gasteiger partial charge on any atom is 0.335 e. The van der Waals surface area contributed by atoms with Gasteiger partial charge in [0, 0.05) is 19.2 Å². The van der Waals surface area contributed by atoms with Crippen molar-refractivity contribution in [1.29, 1.82) is 0 Å². The maximum atomic E-state index is 13.6. The summed E-state index contributed by atoms with van der Waals surface area (Å²) in [6.07, 6.45) is 0. The van der Waals surface area contributed by atoms with Gasteiger partial charge in [-0.15, -0.1) is 0 Å². The summed E-state index contributed by atoms with van der Waals surface area (Å²) in [6, 6.07) is 14.3. The monoisotopic (exact) mass is 410 g/mol. The molecular weight excluding hydrogens is 394 g/mol. The lowest BCUT2D eigenvalue weighted by Gasteiger charge is -2.08. The summed E-state index contributed by atoms with van der Waals surface area (Å²) in [5.74, 6) is -0.566. The molecule has 30 heavy (non-hydrogen) atoms. The summed E-state index contributed by atoms with van der Waals surface area (Å²) in [5, 5.41) is 9.03. The SMILES string of the molecule is Cn1c(COc2cc(F)cc(C(=O)O)c2)nc2ccc(Oc3ccc(F)cc3)cc21. The quantitative estimate of drug-likeness (QED) is 0.488. The standard InChI is InChI=1S/C22H16F2N2O4/c1-26-20-11-17(30-16-4-2-14(23)3-5-16)6-7-19(20)25-21(26)12-29-18-9-13(22(27)28)8-15(24)10-18/h2-11H,12H2,1H3,(H,27,28). The number of hydrogen-bond acceptors (Lipinski definition) is 4. The van der Waals surface area contributed by atoms with Crippen LogP contribution in [0.1, 0.15) is 16.2 Å². The Bertz CT molecular complexity index is 1240. The lowest BCUT2D eigenvalue weighted by atomic mass is 10.2. The summed E-state index contributed by atoms with van der Waals surface area (Å²) in [7, 11) is 1.80. The number of ether oxygens (including phenoxy) is 2. The smallest absolute Gasteiger partial charge is 0.335 e. The van der Waals surface area contributed by atoms with Gasteiger partial charge in [0.05, 0.1) is 16.6 Å². The number of carboxylic acid groups (broad SMARTS) is 1. The van der Waals surface area contributed by atoms with Gasteiger partial charge < -0.3 is 19.1 Å². The van der Waals surface area contributed by atoms with Crippen molar-refractivity contribution in [3.05, 3.63) is 83.7 Å². The number of fused-ring (bicyclic) bond motifs is 1. The molecule has 3 aromatic carbocycles. The highest BCUT2D eigenvalue weighted by Crippen LogP contribution is 2.26. The zero-order chi connectivity index (χ0) is 21.3. The van der Waals surface area contributed by atoms with Gasteiger partial charge in [0.2, 0.25) is 0 Å². The molecular formula is C22H16F2N2O4. The summed E-state index contributed by atoms with van der Waals surface area (Å²) in [6.45, 7) is 0.0157. The average Bonchev–Trinajstić information content (AvgIpc) is 3.03. The first-order chi connectivity index (χ1) is 14.4. The van der Waals surface area contributed by atoms with Crippen molar-refractivity contribution >= 4 is 17.0 Å². The first kappa shape index (κ1) is 19.4. The number of carboxylic acids is 1. The summed E-state index contributed by atoms with van der Waals surface area (Å²) >= 11 is 0. The average molecular weight is 410 g/mol. The van der Waals surface area contributed by atoms with E-state index in [1.807, 2.05) is 0 Å². The number of carbonyl (C=O) groups is 1. The fraction of sp³-hybridized carbons (Fsp3) is 0.0909. The zero-order valence-electron chi connectivity index (χ0n) is 15.8. The molecule has 1 N–H and O–H groups in total. The number of rotatable bonds is 6. The van der Waals surface area contributed by atoms with Crippen LogP contribution in [0.4, 0.5) is 8.78 Å². The Labute approximate surface area is 169 Å². The number of imidazole rings is 1. The van der Waals surface area contributed by atoms with Crippen LogP contribution in [0, 0.1) is 11.6 Å². The van der Waals surface area contributed by atoms with Gasteiger partial charge in [-0.1, -0.05) is 0 Å². The Morgan fingerprint density at radius 2 is 1.70 bits per heavy atom. The molecule has 0 saturated heterocycles.